The first-order chi connectivity index (χ1) is 13.0. The number of aromatic amines is 1. The van der Waals surface area contributed by atoms with E-state index in [-0.39, 0.29) is 5.39 Å². The van der Waals surface area contributed by atoms with Gasteiger partial charge in [-0.25, -0.2) is 9.18 Å². The number of aromatic nitrogens is 1. The highest BCUT2D eigenvalue weighted by molar-refractivity contribution is 5.88. The lowest BCUT2D eigenvalue weighted by Crippen LogP contribution is -2.10. The molecule has 1 heterocycles. The Morgan fingerprint density at radius 3 is 2.56 bits per heavy atom. The molecule has 3 aromatic rings. The van der Waals surface area contributed by atoms with Crippen molar-refractivity contribution in [1.82, 2.24) is 4.98 Å². The summed E-state index contributed by atoms with van der Waals surface area (Å²) in [6, 6.07) is 9.05. The van der Waals surface area contributed by atoms with Crippen LogP contribution in [0.3, 0.4) is 0 Å². The van der Waals surface area contributed by atoms with E-state index in [1.165, 1.54) is 18.3 Å². The predicted octanol–water partition coefficient (Wildman–Crippen LogP) is 3.59. The summed E-state index contributed by atoms with van der Waals surface area (Å²) in [4.78, 5) is 26.3. The van der Waals surface area contributed by atoms with Gasteiger partial charge in [-0.3, -0.25) is 4.79 Å². The van der Waals surface area contributed by atoms with E-state index in [4.69, 9.17) is 14.6 Å². The summed E-state index contributed by atoms with van der Waals surface area (Å²) in [7, 11) is 0. The summed E-state index contributed by atoms with van der Waals surface area (Å²) in [6.45, 7) is 1.96. The Balaban J connectivity index is 2.01. The molecular weight excluding hydrogens is 353 g/mol. The van der Waals surface area contributed by atoms with E-state index in [0.29, 0.717) is 34.7 Å². The van der Waals surface area contributed by atoms with Gasteiger partial charge >= 0.3 is 5.97 Å². The number of hydrogen-bond acceptors (Lipinski definition) is 4. The van der Waals surface area contributed by atoms with E-state index in [2.05, 4.69) is 4.98 Å². The second-order valence-corrected chi connectivity index (χ2v) is 5.88. The van der Waals surface area contributed by atoms with Gasteiger partial charge in [0.05, 0.1) is 17.5 Å². The van der Waals surface area contributed by atoms with Crippen LogP contribution in [0.2, 0.25) is 0 Å². The smallest absolute Gasteiger partial charge is 0.341 e. The number of hydrogen-bond donors (Lipinski definition) is 2. The molecule has 0 aliphatic rings. The van der Waals surface area contributed by atoms with Gasteiger partial charge < -0.3 is 19.6 Å². The average molecular weight is 371 g/mol. The molecule has 0 saturated heterocycles. The molecule has 0 saturated carbocycles. The van der Waals surface area contributed by atoms with Crippen molar-refractivity contribution in [3.63, 3.8) is 0 Å². The molecular formula is C20H18FNO5. The molecule has 0 amide bonds. The minimum Gasteiger partial charge on any atom is -0.491 e. The quantitative estimate of drug-likeness (QED) is 0.663. The summed E-state index contributed by atoms with van der Waals surface area (Å²) >= 11 is 0. The molecule has 0 fully saturated rings. The minimum atomic E-state index is -1.08. The van der Waals surface area contributed by atoms with Gasteiger partial charge in [0.1, 0.15) is 17.3 Å². The van der Waals surface area contributed by atoms with Crippen LogP contribution in [0.15, 0.2) is 47.4 Å². The zero-order chi connectivity index (χ0) is 19.4. The summed E-state index contributed by atoms with van der Waals surface area (Å²) in [5.41, 5.74) is 0.708. The molecule has 27 heavy (non-hydrogen) atoms. The van der Waals surface area contributed by atoms with Gasteiger partial charge in [0.15, 0.2) is 12.0 Å². The van der Waals surface area contributed by atoms with Crippen molar-refractivity contribution in [1.29, 1.82) is 0 Å². The highest BCUT2D eigenvalue weighted by atomic mass is 19.1. The van der Waals surface area contributed by atoms with Crippen molar-refractivity contribution in [3.05, 3.63) is 58.6 Å². The highest BCUT2D eigenvalue weighted by Gasteiger charge is 2.15. The van der Waals surface area contributed by atoms with Gasteiger partial charge in [-0.2, -0.15) is 0 Å². The Bertz CT molecular complexity index is 1030. The number of carboxylic acids is 1. The van der Waals surface area contributed by atoms with Crippen LogP contribution in [0.4, 0.5) is 4.39 Å². The molecule has 140 valence electrons. The Morgan fingerprint density at radius 2 is 1.89 bits per heavy atom. The van der Waals surface area contributed by atoms with Gasteiger partial charge in [0.25, 0.3) is 0 Å². The molecule has 1 aromatic heterocycles. The van der Waals surface area contributed by atoms with Crippen LogP contribution in [0.5, 0.6) is 11.5 Å². The number of carboxylic acid groups (broad SMARTS) is 1. The second kappa shape index (κ2) is 7.90. The lowest BCUT2D eigenvalue weighted by atomic mass is 10.0. The number of rotatable bonds is 7. The van der Waals surface area contributed by atoms with Crippen LogP contribution >= 0.6 is 0 Å². The fourth-order valence-electron chi connectivity index (χ4n) is 2.69. The van der Waals surface area contributed by atoms with Crippen molar-refractivity contribution in [2.75, 3.05) is 13.2 Å². The molecule has 0 aliphatic heterocycles. The molecule has 0 aliphatic carbocycles. The number of aliphatic carboxylic acids is 1. The van der Waals surface area contributed by atoms with Crippen molar-refractivity contribution >= 4 is 16.9 Å². The number of H-pyrrole nitrogens is 1. The van der Waals surface area contributed by atoms with Crippen LogP contribution < -0.4 is 14.9 Å². The van der Waals surface area contributed by atoms with E-state index in [0.717, 1.165) is 6.42 Å². The molecule has 3 rings (SSSR count). The summed E-state index contributed by atoms with van der Waals surface area (Å²) in [5.74, 6) is -0.922. The maximum atomic E-state index is 14.3. The van der Waals surface area contributed by atoms with Crippen LogP contribution in [-0.2, 0) is 4.79 Å². The molecule has 0 radical (unpaired) electrons. The Kier molecular flexibility index (Phi) is 5.40. The third kappa shape index (κ3) is 3.92. The maximum Gasteiger partial charge on any atom is 0.341 e. The zero-order valence-electron chi connectivity index (χ0n) is 14.6. The molecule has 6 nitrogen and oxygen atoms in total. The number of carbonyl (C=O) groups is 1. The second-order valence-electron chi connectivity index (χ2n) is 5.88. The molecule has 0 unspecified atom stereocenters. The van der Waals surface area contributed by atoms with E-state index in [9.17, 15) is 14.0 Å². The van der Waals surface area contributed by atoms with Crippen LogP contribution in [0.25, 0.3) is 22.0 Å². The summed E-state index contributed by atoms with van der Waals surface area (Å²) < 4.78 is 25.0. The first-order valence-electron chi connectivity index (χ1n) is 8.43. The van der Waals surface area contributed by atoms with Gasteiger partial charge in [-0.1, -0.05) is 19.1 Å². The van der Waals surface area contributed by atoms with Crippen molar-refractivity contribution < 1.29 is 23.8 Å². The number of ether oxygens (including phenoxy) is 2. The normalized spacial score (nSPS) is 10.7. The fourth-order valence-corrected chi connectivity index (χ4v) is 2.69. The monoisotopic (exact) mass is 371 g/mol. The molecule has 2 N–H and O–H groups in total. The number of fused-ring (bicyclic) bond motifs is 1. The maximum absolute atomic E-state index is 14.3. The van der Waals surface area contributed by atoms with Crippen LogP contribution in [-0.4, -0.2) is 29.3 Å². The minimum absolute atomic E-state index is 0.0627. The third-order valence-electron chi connectivity index (χ3n) is 3.94. The molecule has 0 spiro atoms. The van der Waals surface area contributed by atoms with Crippen molar-refractivity contribution in [2.24, 2.45) is 0 Å². The number of benzene rings is 2. The SMILES string of the molecule is CCCOc1ccc(F)c2c(=O)c(-c3ccc(OCC(=O)O)cc3)c[nH]c12. The Morgan fingerprint density at radius 1 is 1.15 bits per heavy atom. The Labute approximate surface area is 154 Å². The first kappa shape index (κ1) is 18.4. The van der Waals surface area contributed by atoms with Gasteiger partial charge in [-0.05, 0) is 36.2 Å². The molecule has 7 heteroatoms. The van der Waals surface area contributed by atoms with E-state index < -0.39 is 23.8 Å². The van der Waals surface area contributed by atoms with Crippen LogP contribution in [0, 0.1) is 5.82 Å². The third-order valence-corrected chi connectivity index (χ3v) is 3.94. The number of nitrogens with one attached hydrogen (secondary N) is 1. The number of pyridine rings is 1. The summed E-state index contributed by atoms with van der Waals surface area (Å²) in [6.07, 6.45) is 2.30. The standard InChI is InChI=1S/C20H18FNO5/c1-2-9-26-16-8-7-15(21)18-19(16)22-10-14(20(18)25)12-3-5-13(6-4-12)27-11-17(23)24/h3-8,10H,2,9,11H2,1H3,(H,22,25)(H,23,24). The topological polar surface area (TPSA) is 88.6 Å². The van der Waals surface area contributed by atoms with Gasteiger partial charge in [-0.15, -0.1) is 0 Å². The Hall–Kier alpha value is -3.35. The summed E-state index contributed by atoms with van der Waals surface area (Å²) in [5, 5.41) is 8.57. The van der Waals surface area contributed by atoms with Crippen molar-refractivity contribution in [2.45, 2.75) is 13.3 Å². The van der Waals surface area contributed by atoms with Gasteiger partial charge in [0.2, 0.25) is 0 Å². The van der Waals surface area contributed by atoms with Crippen molar-refractivity contribution in [3.8, 4) is 22.6 Å². The largest absolute Gasteiger partial charge is 0.491 e. The van der Waals surface area contributed by atoms with E-state index in [1.54, 1.807) is 24.3 Å². The van der Waals surface area contributed by atoms with Gasteiger partial charge in [0, 0.05) is 11.8 Å². The van der Waals surface area contributed by atoms with E-state index in [1.807, 2.05) is 6.92 Å². The zero-order valence-corrected chi connectivity index (χ0v) is 14.6. The lowest BCUT2D eigenvalue weighted by molar-refractivity contribution is -0.139. The molecule has 0 atom stereocenters. The lowest BCUT2D eigenvalue weighted by Gasteiger charge is -2.10. The average Bonchev–Trinajstić information content (AvgIpc) is 2.66. The van der Waals surface area contributed by atoms with E-state index >= 15 is 0 Å². The molecule has 0 bridgehead atoms. The highest BCUT2D eigenvalue weighted by Crippen LogP contribution is 2.27. The predicted molar refractivity (Wildman–Crippen MR) is 98.9 cm³/mol. The van der Waals surface area contributed by atoms with Crippen LogP contribution in [0.1, 0.15) is 13.3 Å². The number of halogens is 1. The fraction of sp³-hybridized carbons (Fsp3) is 0.200. The first-order valence-corrected chi connectivity index (χ1v) is 8.43. The molecule has 2 aromatic carbocycles.